The van der Waals surface area contributed by atoms with Crippen molar-refractivity contribution in [3.63, 3.8) is 0 Å². The van der Waals surface area contributed by atoms with Crippen molar-refractivity contribution >= 4 is 10.9 Å². The van der Waals surface area contributed by atoms with Gasteiger partial charge < -0.3 is 14.5 Å². The Labute approximate surface area is 180 Å². The van der Waals surface area contributed by atoms with E-state index in [1.165, 1.54) is 0 Å². The van der Waals surface area contributed by atoms with E-state index >= 15 is 0 Å². The third-order valence-electron chi connectivity index (χ3n) is 5.14. The van der Waals surface area contributed by atoms with Gasteiger partial charge in [-0.1, -0.05) is 30.3 Å². The SMILES string of the molecule is COc1ccc(-c2cncc(-c3cc4cc(OCc5ccccc5)ccc4[nH]3)n2)cc1. The van der Waals surface area contributed by atoms with Gasteiger partial charge in [-0.15, -0.1) is 0 Å². The topological polar surface area (TPSA) is 60.0 Å². The number of methoxy groups -OCH3 is 1. The predicted octanol–water partition coefficient (Wildman–Crippen LogP) is 5.88. The van der Waals surface area contributed by atoms with Gasteiger partial charge in [-0.2, -0.15) is 0 Å². The Kier molecular flexibility index (Phi) is 5.07. The molecule has 0 saturated carbocycles. The lowest BCUT2D eigenvalue weighted by Gasteiger charge is -2.06. The zero-order chi connectivity index (χ0) is 21.0. The van der Waals surface area contributed by atoms with Crippen LogP contribution in [0.1, 0.15) is 5.56 Å². The molecule has 0 aliphatic rings. The molecule has 31 heavy (non-hydrogen) atoms. The van der Waals surface area contributed by atoms with E-state index in [9.17, 15) is 0 Å². The maximum Gasteiger partial charge on any atom is 0.120 e. The first-order chi connectivity index (χ1) is 15.3. The van der Waals surface area contributed by atoms with Crippen LogP contribution in [-0.2, 0) is 6.61 Å². The first-order valence-corrected chi connectivity index (χ1v) is 10.0. The molecule has 0 atom stereocenters. The third-order valence-corrected chi connectivity index (χ3v) is 5.14. The highest BCUT2D eigenvalue weighted by Crippen LogP contribution is 2.28. The van der Waals surface area contributed by atoms with Crippen LogP contribution in [0.25, 0.3) is 33.5 Å². The number of fused-ring (bicyclic) bond motifs is 1. The van der Waals surface area contributed by atoms with Crippen molar-refractivity contribution in [2.75, 3.05) is 7.11 Å². The van der Waals surface area contributed by atoms with Gasteiger partial charge in [0.25, 0.3) is 0 Å². The maximum absolute atomic E-state index is 5.96. The molecule has 1 N–H and O–H groups in total. The molecule has 5 rings (SSSR count). The molecule has 0 bridgehead atoms. The van der Waals surface area contributed by atoms with E-state index in [0.717, 1.165) is 50.6 Å². The molecular weight excluding hydrogens is 386 g/mol. The first kappa shape index (κ1) is 18.9. The molecule has 0 amide bonds. The fraction of sp³-hybridized carbons (Fsp3) is 0.0769. The predicted molar refractivity (Wildman–Crippen MR) is 122 cm³/mol. The molecule has 5 heteroatoms. The van der Waals surface area contributed by atoms with Crippen molar-refractivity contribution in [2.24, 2.45) is 0 Å². The Bertz CT molecular complexity index is 1310. The van der Waals surface area contributed by atoms with Gasteiger partial charge in [-0.05, 0) is 54.1 Å². The third kappa shape index (κ3) is 4.12. The van der Waals surface area contributed by atoms with Crippen LogP contribution < -0.4 is 9.47 Å². The molecule has 5 aromatic rings. The molecule has 0 spiro atoms. The van der Waals surface area contributed by atoms with Gasteiger partial charge in [-0.25, -0.2) is 4.98 Å². The number of H-pyrrole nitrogens is 1. The highest BCUT2D eigenvalue weighted by molar-refractivity contribution is 5.86. The molecule has 3 aromatic carbocycles. The summed E-state index contributed by atoms with van der Waals surface area (Å²) >= 11 is 0. The van der Waals surface area contributed by atoms with Crippen LogP contribution in [0.4, 0.5) is 0 Å². The van der Waals surface area contributed by atoms with Crippen LogP contribution in [0.3, 0.4) is 0 Å². The second-order valence-electron chi connectivity index (χ2n) is 7.22. The summed E-state index contributed by atoms with van der Waals surface area (Å²) in [6.07, 6.45) is 3.54. The normalized spacial score (nSPS) is 10.9. The molecular formula is C26H21N3O2. The second kappa shape index (κ2) is 8.32. The molecule has 2 heterocycles. The minimum absolute atomic E-state index is 0.541. The summed E-state index contributed by atoms with van der Waals surface area (Å²) in [4.78, 5) is 12.6. The molecule has 2 aromatic heterocycles. The maximum atomic E-state index is 5.96. The molecule has 0 saturated heterocycles. The number of rotatable bonds is 6. The average Bonchev–Trinajstić information content (AvgIpc) is 3.27. The van der Waals surface area contributed by atoms with Crippen molar-refractivity contribution in [3.05, 3.63) is 96.8 Å². The summed E-state index contributed by atoms with van der Waals surface area (Å²) in [7, 11) is 1.66. The van der Waals surface area contributed by atoms with Crippen molar-refractivity contribution < 1.29 is 9.47 Å². The molecule has 0 aliphatic heterocycles. The molecule has 5 nitrogen and oxygen atoms in total. The van der Waals surface area contributed by atoms with Gasteiger partial charge in [0.15, 0.2) is 0 Å². The lowest BCUT2D eigenvalue weighted by molar-refractivity contribution is 0.306. The second-order valence-corrected chi connectivity index (χ2v) is 7.22. The van der Waals surface area contributed by atoms with Gasteiger partial charge in [0.1, 0.15) is 23.8 Å². The van der Waals surface area contributed by atoms with Crippen molar-refractivity contribution in [1.29, 1.82) is 0 Å². The first-order valence-electron chi connectivity index (χ1n) is 10.0. The van der Waals surface area contributed by atoms with Crippen LogP contribution in [0.5, 0.6) is 11.5 Å². The number of benzene rings is 3. The van der Waals surface area contributed by atoms with Gasteiger partial charge in [0, 0.05) is 16.5 Å². The number of hydrogen-bond donors (Lipinski definition) is 1. The Morgan fingerprint density at radius 1 is 0.806 bits per heavy atom. The number of nitrogens with one attached hydrogen (secondary N) is 1. The summed E-state index contributed by atoms with van der Waals surface area (Å²) in [5.74, 6) is 1.65. The zero-order valence-corrected chi connectivity index (χ0v) is 17.1. The van der Waals surface area contributed by atoms with E-state index in [1.807, 2.05) is 60.7 Å². The summed E-state index contributed by atoms with van der Waals surface area (Å²) in [5, 5.41) is 1.07. The smallest absolute Gasteiger partial charge is 0.120 e. The van der Waals surface area contributed by atoms with E-state index in [4.69, 9.17) is 14.5 Å². The number of hydrogen-bond acceptors (Lipinski definition) is 4. The largest absolute Gasteiger partial charge is 0.497 e. The summed E-state index contributed by atoms with van der Waals surface area (Å²) in [6, 6.07) is 26.1. The van der Waals surface area contributed by atoms with E-state index in [1.54, 1.807) is 19.5 Å². The monoisotopic (exact) mass is 407 g/mol. The van der Waals surface area contributed by atoms with Crippen molar-refractivity contribution in [1.82, 2.24) is 15.0 Å². The number of ether oxygens (including phenoxy) is 2. The zero-order valence-electron chi connectivity index (χ0n) is 17.1. The van der Waals surface area contributed by atoms with Crippen molar-refractivity contribution in [2.45, 2.75) is 6.61 Å². The van der Waals surface area contributed by atoms with Gasteiger partial charge in [-0.3, -0.25) is 4.98 Å². The Balaban J connectivity index is 1.40. The summed E-state index contributed by atoms with van der Waals surface area (Å²) in [6.45, 7) is 0.541. The molecule has 0 radical (unpaired) electrons. The minimum atomic E-state index is 0.541. The molecule has 152 valence electrons. The van der Waals surface area contributed by atoms with Gasteiger partial charge in [0.05, 0.1) is 30.9 Å². The lowest BCUT2D eigenvalue weighted by atomic mass is 10.1. The Morgan fingerprint density at radius 3 is 2.39 bits per heavy atom. The Morgan fingerprint density at radius 2 is 1.58 bits per heavy atom. The number of nitrogens with zero attached hydrogens (tertiary/aromatic N) is 2. The molecule has 0 unspecified atom stereocenters. The van der Waals surface area contributed by atoms with Crippen LogP contribution >= 0.6 is 0 Å². The summed E-state index contributed by atoms with van der Waals surface area (Å²) < 4.78 is 11.2. The van der Waals surface area contributed by atoms with Crippen LogP contribution in [0.15, 0.2) is 91.3 Å². The average molecular weight is 407 g/mol. The quantitative estimate of drug-likeness (QED) is 0.382. The van der Waals surface area contributed by atoms with Crippen LogP contribution in [0.2, 0.25) is 0 Å². The van der Waals surface area contributed by atoms with Crippen LogP contribution in [0, 0.1) is 0 Å². The minimum Gasteiger partial charge on any atom is -0.497 e. The fourth-order valence-corrected chi connectivity index (χ4v) is 3.48. The molecule has 0 aliphatic carbocycles. The fourth-order valence-electron chi connectivity index (χ4n) is 3.48. The van der Waals surface area contributed by atoms with E-state index in [-0.39, 0.29) is 0 Å². The Hall–Kier alpha value is -4.12. The lowest BCUT2D eigenvalue weighted by Crippen LogP contribution is -1.94. The van der Waals surface area contributed by atoms with E-state index < -0.39 is 0 Å². The number of aromatic amines is 1. The van der Waals surface area contributed by atoms with E-state index in [2.05, 4.69) is 28.2 Å². The van der Waals surface area contributed by atoms with Crippen LogP contribution in [-0.4, -0.2) is 22.1 Å². The highest BCUT2D eigenvalue weighted by Gasteiger charge is 2.09. The highest BCUT2D eigenvalue weighted by atomic mass is 16.5. The van der Waals surface area contributed by atoms with Gasteiger partial charge in [0.2, 0.25) is 0 Å². The molecule has 0 fully saturated rings. The van der Waals surface area contributed by atoms with Crippen molar-refractivity contribution in [3.8, 4) is 34.1 Å². The number of aromatic nitrogens is 3. The standard InChI is InChI=1S/C26H21N3O2/c1-30-21-9-7-19(8-10-21)25-15-27-16-26(29-25)24-14-20-13-22(11-12-23(20)28-24)31-17-18-5-3-2-4-6-18/h2-16,28H,17H2,1H3. The van der Waals surface area contributed by atoms with E-state index in [0.29, 0.717) is 6.61 Å². The van der Waals surface area contributed by atoms with Gasteiger partial charge >= 0.3 is 0 Å². The summed E-state index contributed by atoms with van der Waals surface area (Å²) in [5.41, 5.74) is 5.67.